The second kappa shape index (κ2) is 10.6. The maximum atomic E-state index is 12.5. The molecule has 8 heteroatoms. The summed E-state index contributed by atoms with van der Waals surface area (Å²) in [4.78, 5) is 16.8. The summed E-state index contributed by atoms with van der Waals surface area (Å²) in [5, 5.41) is 11.8. The van der Waals surface area contributed by atoms with Crippen molar-refractivity contribution in [2.24, 2.45) is 0 Å². The molecule has 0 radical (unpaired) electrons. The Kier molecular flexibility index (Phi) is 7.14. The molecule has 0 unspecified atom stereocenters. The molecule has 0 aliphatic heterocycles. The minimum absolute atomic E-state index is 0.129. The number of aromatic nitrogens is 4. The highest BCUT2D eigenvalue weighted by Crippen LogP contribution is 2.23. The monoisotopic (exact) mass is 445 g/mol. The maximum absolute atomic E-state index is 12.5. The molecule has 7 nitrogen and oxygen atoms in total. The van der Waals surface area contributed by atoms with Crippen molar-refractivity contribution in [1.29, 1.82) is 0 Å². The first-order valence-corrected chi connectivity index (χ1v) is 11.2. The van der Waals surface area contributed by atoms with Crippen LogP contribution in [0.1, 0.15) is 18.2 Å². The van der Waals surface area contributed by atoms with Crippen LogP contribution in [0.3, 0.4) is 0 Å². The van der Waals surface area contributed by atoms with Crippen molar-refractivity contribution in [1.82, 2.24) is 19.7 Å². The Morgan fingerprint density at radius 1 is 1.09 bits per heavy atom. The van der Waals surface area contributed by atoms with Crippen LogP contribution < -0.4 is 10.1 Å². The molecule has 0 saturated heterocycles. The summed E-state index contributed by atoms with van der Waals surface area (Å²) in [6, 6.07) is 21.1. The quantitative estimate of drug-likeness (QED) is 0.381. The largest absolute Gasteiger partial charge is 0.487 e. The number of amides is 1. The first-order chi connectivity index (χ1) is 15.7. The van der Waals surface area contributed by atoms with Gasteiger partial charge < -0.3 is 10.1 Å². The highest BCUT2D eigenvalue weighted by Gasteiger charge is 2.12. The van der Waals surface area contributed by atoms with Gasteiger partial charge in [0.2, 0.25) is 5.91 Å². The van der Waals surface area contributed by atoms with E-state index in [-0.39, 0.29) is 11.7 Å². The molecular formula is C24H23N5O2S. The van der Waals surface area contributed by atoms with Crippen LogP contribution in [-0.4, -0.2) is 31.4 Å². The van der Waals surface area contributed by atoms with E-state index in [0.29, 0.717) is 23.2 Å². The van der Waals surface area contributed by atoms with Gasteiger partial charge in [-0.1, -0.05) is 49.0 Å². The van der Waals surface area contributed by atoms with E-state index in [1.165, 1.54) is 17.3 Å². The zero-order chi connectivity index (χ0) is 22.2. The second-order valence-corrected chi connectivity index (χ2v) is 7.88. The summed E-state index contributed by atoms with van der Waals surface area (Å²) in [5.74, 6) is 0.749. The topological polar surface area (TPSA) is 81.9 Å². The van der Waals surface area contributed by atoms with Gasteiger partial charge in [-0.15, -0.1) is 10.2 Å². The van der Waals surface area contributed by atoms with Crippen molar-refractivity contribution >= 4 is 23.4 Å². The highest BCUT2D eigenvalue weighted by atomic mass is 32.2. The second-order valence-electron chi connectivity index (χ2n) is 6.94. The number of nitrogens with one attached hydrogen (secondary N) is 1. The van der Waals surface area contributed by atoms with E-state index in [2.05, 4.69) is 33.5 Å². The SMILES string of the molecule is CCc1ccccc1-n1cnnc1SCC(=O)Nc1cccc(OCc2ccccn2)c1. The molecule has 0 fully saturated rings. The minimum Gasteiger partial charge on any atom is -0.487 e. The number of aryl methyl sites for hydroxylation is 1. The van der Waals surface area contributed by atoms with Crippen LogP contribution >= 0.6 is 11.8 Å². The van der Waals surface area contributed by atoms with Gasteiger partial charge in [-0.2, -0.15) is 0 Å². The summed E-state index contributed by atoms with van der Waals surface area (Å²) in [5.41, 5.74) is 3.74. The first-order valence-electron chi connectivity index (χ1n) is 10.3. The van der Waals surface area contributed by atoms with Gasteiger partial charge in [0.25, 0.3) is 0 Å². The van der Waals surface area contributed by atoms with Gasteiger partial charge in [-0.25, -0.2) is 0 Å². The Balaban J connectivity index is 1.35. The van der Waals surface area contributed by atoms with Gasteiger partial charge in [0.1, 0.15) is 18.7 Å². The zero-order valence-electron chi connectivity index (χ0n) is 17.6. The van der Waals surface area contributed by atoms with Crippen molar-refractivity contribution in [2.75, 3.05) is 11.1 Å². The minimum atomic E-state index is -0.129. The third-order valence-corrected chi connectivity index (χ3v) is 5.65. The molecule has 4 aromatic rings. The van der Waals surface area contributed by atoms with Gasteiger partial charge in [0.15, 0.2) is 5.16 Å². The Morgan fingerprint density at radius 3 is 2.81 bits per heavy atom. The van der Waals surface area contributed by atoms with Crippen LogP contribution in [0, 0.1) is 0 Å². The fourth-order valence-electron chi connectivity index (χ4n) is 3.16. The molecule has 0 aliphatic rings. The molecule has 1 amide bonds. The van der Waals surface area contributed by atoms with Crippen molar-refractivity contribution < 1.29 is 9.53 Å². The number of carbonyl (C=O) groups is 1. The van der Waals surface area contributed by atoms with E-state index in [1.807, 2.05) is 59.2 Å². The first kappa shape index (κ1) is 21.6. The molecule has 2 aromatic carbocycles. The number of anilines is 1. The lowest BCUT2D eigenvalue weighted by molar-refractivity contribution is -0.113. The molecule has 0 bridgehead atoms. The molecule has 162 valence electrons. The number of carbonyl (C=O) groups excluding carboxylic acids is 1. The normalized spacial score (nSPS) is 10.7. The Hall–Kier alpha value is -3.65. The maximum Gasteiger partial charge on any atom is 0.234 e. The Morgan fingerprint density at radius 2 is 1.97 bits per heavy atom. The van der Waals surface area contributed by atoms with Crippen LogP contribution in [0.4, 0.5) is 5.69 Å². The summed E-state index contributed by atoms with van der Waals surface area (Å²) in [7, 11) is 0. The Labute approximate surface area is 190 Å². The van der Waals surface area contributed by atoms with Crippen LogP contribution in [0.25, 0.3) is 5.69 Å². The molecule has 2 aromatic heterocycles. The molecular weight excluding hydrogens is 422 g/mol. The van der Waals surface area contributed by atoms with Gasteiger partial charge >= 0.3 is 0 Å². The molecule has 0 saturated carbocycles. The Bertz CT molecular complexity index is 1180. The number of benzene rings is 2. The third-order valence-electron chi connectivity index (χ3n) is 4.71. The fraction of sp³-hybridized carbons (Fsp3) is 0.167. The van der Waals surface area contributed by atoms with Gasteiger partial charge in [0.05, 0.1) is 17.1 Å². The van der Waals surface area contributed by atoms with Crippen LogP contribution in [0.2, 0.25) is 0 Å². The number of para-hydroxylation sites is 1. The van der Waals surface area contributed by atoms with Crippen LogP contribution in [0.5, 0.6) is 5.75 Å². The number of pyridine rings is 1. The van der Waals surface area contributed by atoms with Gasteiger partial charge in [0, 0.05) is 18.0 Å². The van der Waals surface area contributed by atoms with Crippen LogP contribution in [0.15, 0.2) is 84.4 Å². The lowest BCUT2D eigenvalue weighted by Crippen LogP contribution is -2.14. The van der Waals surface area contributed by atoms with E-state index in [0.717, 1.165) is 17.8 Å². The van der Waals surface area contributed by atoms with Crippen molar-refractivity contribution in [3.05, 3.63) is 90.5 Å². The number of thioether (sulfide) groups is 1. The summed E-state index contributed by atoms with van der Waals surface area (Å²) in [6.45, 7) is 2.47. The third kappa shape index (κ3) is 5.53. The highest BCUT2D eigenvalue weighted by molar-refractivity contribution is 7.99. The summed E-state index contributed by atoms with van der Waals surface area (Å²) in [6.07, 6.45) is 4.31. The van der Waals surface area contributed by atoms with Crippen molar-refractivity contribution in [2.45, 2.75) is 25.1 Å². The average molecular weight is 446 g/mol. The van der Waals surface area contributed by atoms with Gasteiger partial charge in [-0.05, 0) is 42.3 Å². The molecule has 0 atom stereocenters. The predicted molar refractivity (Wildman–Crippen MR) is 125 cm³/mol. The number of ether oxygens (including phenoxy) is 1. The van der Waals surface area contributed by atoms with Crippen molar-refractivity contribution in [3.63, 3.8) is 0 Å². The van der Waals surface area contributed by atoms with E-state index in [9.17, 15) is 4.79 Å². The summed E-state index contributed by atoms with van der Waals surface area (Å²) < 4.78 is 7.70. The average Bonchev–Trinajstić information content (AvgIpc) is 3.31. The molecule has 0 aliphatic carbocycles. The van der Waals surface area contributed by atoms with E-state index >= 15 is 0 Å². The van der Waals surface area contributed by atoms with Gasteiger partial charge in [-0.3, -0.25) is 14.3 Å². The lowest BCUT2D eigenvalue weighted by Gasteiger charge is -2.11. The zero-order valence-corrected chi connectivity index (χ0v) is 18.5. The molecule has 2 heterocycles. The molecule has 4 rings (SSSR count). The lowest BCUT2D eigenvalue weighted by atomic mass is 10.1. The van der Waals surface area contributed by atoms with E-state index in [1.54, 1.807) is 18.6 Å². The summed E-state index contributed by atoms with van der Waals surface area (Å²) >= 11 is 1.34. The molecule has 0 spiro atoms. The fourth-order valence-corrected chi connectivity index (χ4v) is 3.89. The molecule has 1 N–H and O–H groups in total. The number of rotatable bonds is 9. The smallest absolute Gasteiger partial charge is 0.234 e. The number of hydrogen-bond acceptors (Lipinski definition) is 6. The number of nitrogens with zero attached hydrogens (tertiary/aromatic N) is 4. The predicted octanol–water partition coefficient (Wildman–Crippen LogP) is 4.53. The molecule has 32 heavy (non-hydrogen) atoms. The number of hydrogen-bond donors (Lipinski definition) is 1. The van der Waals surface area contributed by atoms with E-state index in [4.69, 9.17) is 4.74 Å². The van der Waals surface area contributed by atoms with E-state index < -0.39 is 0 Å². The van der Waals surface area contributed by atoms with Crippen LogP contribution in [-0.2, 0) is 17.8 Å². The standard InChI is InChI=1S/C24H23N5O2S/c1-2-18-8-3-4-12-22(18)29-17-26-28-24(29)32-16-23(30)27-19-10-7-11-21(14-19)31-15-20-9-5-6-13-25-20/h3-14,17H,2,15-16H2,1H3,(H,27,30). The van der Waals surface area contributed by atoms with Crippen molar-refractivity contribution in [3.8, 4) is 11.4 Å².